The number of halogens is 1. The summed E-state index contributed by atoms with van der Waals surface area (Å²) in [5, 5.41) is 21.6. The molecule has 2 N–H and O–H groups in total. The van der Waals surface area contributed by atoms with Gasteiger partial charge in [0.15, 0.2) is 9.84 Å². The van der Waals surface area contributed by atoms with Gasteiger partial charge in [0.05, 0.1) is 34.9 Å². The van der Waals surface area contributed by atoms with Gasteiger partial charge in [-0.15, -0.1) is 0 Å². The normalized spacial score (nSPS) is 25.6. The van der Waals surface area contributed by atoms with Gasteiger partial charge >= 0.3 is 0 Å². The van der Waals surface area contributed by atoms with Crippen molar-refractivity contribution in [3.8, 4) is 6.07 Å². The van der Waals surface area contributed by atoms with Crippen LogP contribution in [0.2, 0.25) is 0 Å². The second-order valence-electron chi connectivity index (χ2n) is 4.20. The number of hydrogen-bond acceptors (Lipinski definition) is 5. The number of nitrogens with one attached hydrogen (secondary N) is 1. The molecule has 0 bridgehead atoms. The number of sulfone groups is 1. The van der Waals surface area contributed by atoms with Crippen LogP contribution in [0.15, 0.2) is 22.7 Å². The number of nitrogens with zero attached hydrogens (tertiary/aromatic N) is 1. The third kappa shape index (κ3) is 2.83. The first-order chi connectivity index (χ1) is 8.41. The van der Waals surface area contributed by atoms with Crippen LogP contribution >= 0.6 is 15.9 Å². The maximum Gasteiger partial charge on any atom is 0.155 e. The van der Waals surface area contributed by atoms with Gasteiger partial charge in [0.1, 0.15) is 6.07 Å². The highest BCUT2D eigenvalue weighted by Gasteiger charge is 2.36. The van der Waals surface area contributed by atoms with E-state index < -0.39 is 22.0 Å². The maximum atomic E-state index is 11.4. The van der Waals surface area contributed by atoms with E-state index in [0.29, 0.717) is 11.3 Å². The lowest BCUT2D eigenvalue weighted by Crippen LogP contribution is -2.32. The van der Waals surface area contributed by atoms with Crippen molar-refractivity contribution in [3.63, 3.8) is 0 Å². The molecule has 1 heterocycles. The minimum absolute atomic E-state index is 0.119. The third-order valence-electron chi connectivity index (χ3n) is 2.77. The summed E-state index contributed by atoms with van der Waals surface area (Å²) >= 11 is 3.28. The fraction of sp³-hybridized carbons (Fsp3) is 0.364. The highest BCUT2D eigenvalue weighted by atomic mass is 79.9. The van der Waals surface area contributed by atoms with Crippen LogP contribution in [-0.4, -0.2) is 37.2 Å². The Morgan fingerprint density at radius 1 is 1.44 bits per heavy atom. The number of anilines is 1. The lowest BCUT2D eigenvalue weighted by molar-refractivity contribution is 0.190. The van der Waals surface area contributed by atoms with Crippen molar-refractivity contribution in [1.82, 2.24) is 0 Å². The Bertz CT molecular complexity index is 609. The first-order valence-corrected chi connectivity index (χ1v) is 7.87. The van der Waals surface area contributed by atoms with Gasteiger partial charge in [0.25, 0.3) is 0 Å². The molecule has 96 valence electrons. The van der Waals surface area contributed by atoms with Crippen molar-refractivity contribution < 1.29 is 13.5 Å². The SMILES string of the molecule is N#Cc1ccc(Br)cc1NC1CS(=O)(=O)CC1O. The largest absolute Gasteiger partial charge is 0.390 e. The molecule has 1 aromatic rings. The van der Waals surface area contributed by atoms with Gasteiger partial charge < -0.3 is 10.4 Å². The van der Waals surface area contributed by atoms with Gasteiger partial charge in [-0.2, -0.15) is 5.26 Å². The number of aliphatic hydroxyl groups excluding tert-OH is 1. The van der Waals surface area contributed by atoms with Crippen molar-refractivity contribution in [2.45, 2.75) is 12.1 Å². The van der Waals surface area contributed by atoms with Gasteiger partial charge in [-0.05, 0) is 18.2 Å². The van der Waals surface area contributed by atoms with Crippen molar-refractivity contribution >= 4 is 31.5 Å². The predicted molar refractivity (Wildman–Crippen MR) is 70.9 cm³/mol. The quantitative estimate of drug-likeness (QED) is 0.840. The molecule has 18 heavy (non-hydrogen) atoms. The molecule has 0 saturated carbocycles. The Morgan fingerprint density at radius 2 is 2.17 bits per heavy atom. The van der Waals surface area contributed by atoms with Crippen molar-refractivity contribution in [3.05, 3.63) is 28.2 Å². The highest BCUT2D eigenvalue weighted by Crippen LogP contribution is 2.24. The molecule has 2 atom stereocenters. The van der Waals surface area contributed by atoms with Crippen molar-refractivity contribution in [2.24, 2.45) is 0 Å². The van der Waals surface area contributed by atoms with Gasteiger partial charge in [-0.25, -0.2) is 8.42 Å². The zero-order valence-electron chi connectivity index (χ0n) is 9.30. The minimum atomic E-state index is -3.20. The number of nitriles is 1. The van der Waals surface area contributed by atoms with Gasteiger partial charge in [0.2, 0.25) is 0 Å². The molecule has 0 amide bonds. The van der Waals surface area contributed by atoms with Gasteiger partial charge in [0, 0.05) is 4.47 Å². The smallest absolute Gasteiger partial charge is 0.155 e. The van der Waals surface area contributed by atoms with Crippen LogP contribution in [0.4, 0.5) is 5.69 Å². The average Bonchev–Trinajstić information content (AvgIpc) is 2.52. The van der Waals surface area contributed by atoms with E-state index in [0.717, 1.165) is 4.47 Å². The molecule has 1 aromatic carbocycles. The van der Waals surface area contributed by atoms with Crippen LogP contribution in [0.1, 0.15) is 5.56 Å². The fourth-order valence-electron chi connectivity index (χ4n) is 1.90. The third-order valence-corrected chi connectivity index (χ3v) is 4.98. The summed E-state index contributed by atoms with van der Waals surface area (Å²) in [6.45, 7) is 0. The summed E-state index contributed by atoms with van der Waals surface area (Å²) in [6.07, 6.45) is -0.944. The summed E-state index contributed by atoms with van der Waals surface area (Å²) in [7, 11) is -3.20. The summed E-state index contributed by atoms with van der Waals surface area (Å²) in [5.74, 6) is -0.355. The summed E-state index contributed by atoms with van der Waals surface area (Å²) in [6, 6.07) is 6.49. The van der Waals surface area contributed by atoms with Crippen LogP contribution < -0.4 is 5.32 Å². The Hall–Kier alpha value is -1.10. The molecule has 0 radical (unpaired) electrons. The van der Waals surface area contributed by atoms with E-state index in [-0.39, 0.29) is 11.5 Å². The molecule has 1 fully saturated rings. The highest BCUT2D eigenvalue weighted by molar-refractivity contribution is 9.10. The Balaban J connectivity index is 2.25. The van der Waals surface area contributed by atoms with Gasteiger partial charge in [-0.1, -0.05) is 15.9 Å². The maximum absolute atomic E-state index is 11.4. The number of hydrogen-bond donors (Lipinski definition) is 2. The second kappa shape index (κ2) is 4.88. The Morgan fingerprint density at radius 3 is 2.72 bits per heavy atom. The molecule has 1 saturated heterocycles. The molecule has 2 unspecified atom stereocenters. The van der Waals surface area contributed by atoms with Crippen LogP contribution in [0.5, 0.6) is 0 Å². The lowest BCUT2D eigenvalue weighted by atomic mass is 10.1. The average molecular weight is 331 g/mol. The molecule has 0 aromatic heterocycles. The monoisotopic (exact) mass is 330 g/mol. The molecule has 1 aliphatic heterocycles. The topological polar surface area (TPSA) is 90.2 Å². The standard InChI is InChI=1S/C11H11BrN2O3S/c12-8-2-1-7(4-13)9(3-8)14-10-5-18(16,17)6-11(10)15/h1-3,10-11,14-15H,5-6H2. The van der Waals surface area contributed by atoms with Crippen LogP contribution in [-0.2, 0) is 9.84 Å². The second-order valence-corrected chi connectivity index (χ2v) is 7.27. The molecule has 1 aliphatic rings. The van der Waals surface area contributed by atoms with E-state index in [2.05, 4.69) is 21.2 Å². The number of rotatable bonds is 2. The number of aliphatic hydroxyl groups is 1. The zero-order valence-corrected chi connectivity index (χ0v) is 11.7. The predicted octanol–water partition coefficient (Wildman–Crippen LogP) is 0.891. The number of benzene rings is 1. The molecular weight excluding hydrogens is 320 g/mol. The van der Waals surface area contributed by atoms with Crippen LogP contribution in [0, 0.1) is 11.3 Å². The first kappa shape index (κ1) is 13.3. The summed E-state index contributed by atoms with van der Waals surface area (Å²) in [4.78, 5) is 0. The molecule has 0 spiro atoms. The Kier molecular flexibility index (Phi) is 3.61. The minimum Gasteiger partial charge on any atom is -0.390 e. The molecular formula is C11H11BrN2O3S. The van der Waals surface area contributed by atoms with E-state index in [4.69, 9.17) is 5.26 Å². The fourth-order valence-corrected chi connectivity index (χ4v) is 4.00. The molecule has 0 aliphatic carbocycles. The van der Waals surface area contributed by atoms with Crippen LogP contribution in [0.3, 0.4) is 0 Å². The van der Waals surface area contributed by atoms with E-state index >= 15 is 0 Å². The summed E-state index contributed by atoms with van der Waals surface area (Å²) < 4.78 is 23.6. The van der Waals surface area contributed by atoms with Crippen molar-refractivity contribution in [1.29, 1.82) is 5.26 Å². The van der Waals surface area contributed by atoms with Crippen molar-refractivity contribution in [2.75, 3.05) is 16.8 Å². The Labute approximate surface area is 113 Å². The van der Waals surface area contributed by atoms with Gasteiger partial charge in [-0.3, -0.25) is 0 Å². The van der Waals surface area contributed by atoms with Crippen LogP contribution in [0.25, 0.3) is 0 Å². The first-order valence-electron chi connectivity index (χ1n) is 5.26. The van der Waals surface area contributed by atoms with E-state index in [1.165, 1.54) is 0 Å². The lowest BCUT2D eigenvalue weighted by Gasteiger charge is -2.17. The molecule has 2 rings (SSSR count). The van der Waals surface area contributed by atoms with E-state index in [1.807, 2.05) is 6.07 Å². The molecule has 7 heteroatoms. The van der Waals surface area contributed by atoms with E-state index in [9.17, 15) is 13.5 Å². The van der Waals surface area contributed by atoms with E-state index in [1.54, 1.807) is 18.2 Å². The molecule has 5 nitrogen and oxygen atoms in total. The summed E-state index contributed by atoms with van der Waals surface area (Å²) in [5.41, 5.74) is 0.933. The zero-order chi connectivity index (χ0) is 13.3.